The highest BCUT2D eigenvalue weighted by molar-refractivity contribution is 5.95. The van der Waals surface area contributed by atoms with E-state index < -0.39 is 6.03 Å². The summed E-state index contributed by atoms with van der Waals surface area (Å²) in [4.78, 5) is 25.7. The lowest BCUT2D eigenvalue weighted by Gasteiger charge is -2.21. The number of nitrogens with two attached hydrogens (primary N) is 1. The largest absolute Gasteiger partial charge is 0.333 e. The van der Waals surface area contributed by atoms with Crippen LogP contribution in [0.15, 0.2) is 30.3 Å². The molecule has 134 valence electrons. The lowest BCUT2D eigenvalue weighted by atomic mass is 9.95. The number of halogens is 1. The minimum atomic E-state index is -0.467. The molecule has 1 aromatic rings. The zero-order chi connectivity index (χ0) is 17.0. The summed E-state index contributed by atoms with van der Waals surface area (Å²) in [5.41, 5.74) is 7.02. The molecule has 24 heavy (non-hydrogen) atoms. The Morgan fingerprint density at radius 1 is 1.21 bits per heavy atom. The van der Waals surface area contributed by atoms with Crippen LogP contribution in [-0.4, -0.2) is 48.1 Å². The molecule has 1 aromatic carbocycles. The highest BCUT2D eigenvalue weighted by Gasteiger charge is 2.32. The number of imide groups is 1. The Hall–Kier alpha value is -1.63. The smallest absolute Gasteiger partial charge is 0.321 e. The molecule has 0 aliphatic carbocycles. The van der Waals surface area contributed by atoms with Crippen LogP contribution in [0.4, 0.5) is 4.79 Å². The number of nitrogens with one attached hydrogen (secondary N) is 2. The average molecular weight is 355 g/mol. The van der Waals surface area contributed by atoms with Crippen LogP contribution in [0.2, 0.25) is 0 Å². The first-order chi connectivity index (χ1) is 10.7. The summed E-state index contributed by atoms with van der Waals surface area (Å²) in [6.07, 6.45) is 0. The van der Waals surface area contributed by atoms with Crippen molar-refractivity contribution in [1.82, 2.24) is 15.5 Å². The van der Waals surface area contributed by atoms with Gasteiger partial charge in [-0.15, -0.1) is 12.4 Å². The van der Waals surface area contributed by atoms with Gasteiger partial charge in [0.05, 0.1) is 6.54 Å². The molecule has 0 bridgehead atoms. The molecule has 4 N–H and O–H groups in total. The van der Waals surface area contributed by atoms with Crippen LogP contribution in [0.25, 0.3) is 0 Å². The summed E-state index contributed by atoms with van der Waals surface area (Å²) in [6, 6.07) is 9.61. The molecule has 1 heterocycles. The van der Waals surface area contributed by atoms with Gasteiger partial charge >= 0.3 is 6.03 Å². The van der Waals surface area contributed by atoms with Crippen molar-refractivity contribution < 1.29 is 9.59 Å². The minimum Gasteiger partial charge on any atom is -0.333 e. The van der Waals surface area contributed by atoms with Gasteiger partial charge in [0.1, 0.15) is 0 Å². The van der Waals surface area contributed by atoms with E-state index in [0.29, 0.717) is 6.54 Å². The molecule has 0 radical (unpaired) electrons. The third kappa shape index (κ3) is 6.11. The van der Waals surface area contributed by atoms with Gasteiger partial charge in [-0.2, -0.15) is 0 Å². The molecule has 3 amide bonds. The van der Waals surface area contributed by atoms with Crippen LogP contribution in [0, 0.1) is 0 Å². The number of hydrogen-bond acceptors (Lipinski definition) is 4. The first-order valence-electron chi connectivity index (χ1n) is 7.89. The summed E-state index contributed by atoms with van der Waals surface area (Å²) in [7, 11) is 0. The fourth-order valence-corrected chi connectivity index (χ4v) is 2.84. The Morgan fingerprint density at radius 3 is 2.42 bits per heavy atom. The molecule has 1 aliphatic rings. The van der Waals surface area contributed by atoms with E-state index in [0.717, 1.165) is 6.54 Å². The molecular weight excluding hydrogens is 328 g/mol. The van der Waals surface area contributed by atoms with Crippen LogP contribution in [0.5, 0.6) is 0 Å². The highest BCUT2D eigenvalue weighted by Crippen LogP contribution is 2.25. The predicted octanol–water partition coefficient (Wildman–Crippen LogP) is 1.46. The number of nitrogens with zero attached hydrogens (tertiary/aromatic N) is 1. The number of likely N-dealkylation sites (tertiary alicyclic amines) is 1. The highest BCUT2D eigenvalue weighted by atomic mass is 35.5. The molecular formula is C17H27ClN4O2. The van der Waals surface area contributed by atoms with Crippen LogP contribution in [-0.2, 0) is 4.79 Å². The number of urea groups is 1. The second-order valence-electron chi connectivity index (χ2n) is 7.13. The lowest BCUT2D eigenvalue weighted by molar-refractivity contribution is -0.120. The van der Waals surface area contributed by atoms with Crippen LogP contribution in [0.3, 0.4) is 0 Å². The fraction of sp³-hybridized carbons (Fsp3) is 0.529. The zero-order valence-electron chi connectivity index (χ0n) is 14.4. The van der Waals surface area contributed by atoms with Crippen LogP contribution < -0.4 is 16.4 Å². The maximum absolute atomic E-state index is 12.0. The van der Waals surface area contributed by atoms with E-state index in [1.54, 1.807) is 0 Å². The number of amides is 3. The maximum atomic E-state index is 12.0. The van der Waals surface area contributed by atoms with Crippen molar-refractivity contribution in [1.29, 1.82) is 0 Å². The van der Waals surface area contributed by atoms with Crippen molar-refractivity contribution in [3.05, 3.63) is 35.9 Å². The van der Waals surface area contributed by atoms with Gasteiger partial charge in [-0.05, 0) is 26.3 Å². The average Bonchev–Trinajstić information content (AvgIpc) is 2.77. The molecule has 0 spiro atoms. The van der Waals surface area contributed by atoms with Crippen molar-refractivity contribution in [3.63, 3.8) is 0 Å². The van der Waals surface area contributed by atoms with Crippen molar-refractivity contribution in [2.75, 3.05) is 19.6 Å². The molecule has 6 nitrogen and oxygen atoms in total. The number of carbonyl (C=O) groups excluding carboxylic acids is 2. The first-order valence-corrected chi connectivity index (χ1v) is 7.89. The van der Waals surface area contributed by atoms with Crippen LogP contribution in [0.1, 0.15) is 32.3 Å². The normalized spacial score (nSPS) is 21.0. The van der Waals surface area contributed by atoms with Crippen molar-refractivity contribution in [2.45, 2.75) is 38.3 Å². The first kappa shape index (κ1) is 20.4. The van der Waals surface area contributed by atoms with Gasteiger partial charge in [0, 0.05) is 30.6 Å². The monoisotopic (exact) mass is 354 g/mol. The molecule has 1 saturated heterocycles. The SMILES string of the molecule is CC(C)(C)NC(=O)NC(=O)CN1C[C@@H](N)[C@H](c2ccccc2)C1.Cl. The van der Waals surface area contributed by atoms with Crippen molar-refractivity contribution in [3.8, 4) is 0 Å². The predicted molar refractivity (Wildman–Crippen MR) is 97.3 cm³/mol. The Bertz CT molecular complexity index is 559. The third-order valence-electron chi connectivity index (χ3n) is 3.78. The van der Waals surface area contributed by atoms with E-state index >= 15 is 0 Å². The summed E-state index contributed by atoms with van der Waals surface area (Å²) in [5, 5.41) is 5.07. The lowest BCUT2D eigenvalue weighted by Crippen LogP contribution is -2.50. The number of hydrogen-bond donors (Lipinski definition) is 3. The second kappa shape index (κ2) is 8.46. The van der Waals surface area contributed by atoms with Gasteiger partial charge in [0.2, 0.25) is 5.91 Å². The molecule has 2 atom stereocenters. The Labute approximate surface area is 149 Å². The van der Waals surface area contributed by atoms with Gasteiger partial charge in [-0.3, -0.25) is 15.0 Å². The standard InChI is InChI=1S/C17H26N4O2.ClH/c1-17(2,3)20-16(23)19-15(22)11-21-9-13(14(18)10-21)12-7-5-4-6-8-12;/h4-8,13-14H,9-11,18H2,1-3H3,(H2,19,20,22,23);1H/t13-,14+;/m0./s1. The molecule has 0 unspecified atom stereocenters. The third-order valence-corrected chi connectivity index (χ3v) is 3.78. The van der Waals surface area contributed by atoms with Crippen molar-refractivity contribution in [2.24, 2.45) is 5.73 Å². The Kier molecular flexibility index (Phi) is 7.20. The van der Waals surface area contributed by atoms with Gasteiger partial charge in [0.15, 0.2) is 0 Å². The molecule has 1 aliphatic heterocycles. The quantitative estimate of drug-likeness (QED) is 0.766. The molecule has 0 saturated carbocycles. The summed E-state index contributed by atoms with van der Waals surface area (Å²) in [5.74, 6) is -0.0972. The number of carbonyl (C=O) groups is 2. The summed E-state index contributed by atoms with van der Waals surface area (Å²) >= 11 is 0. The van der Waals surface area contributed by atoms with Crippen molar-refractivity contribution >= 4 is 24.3 Å². The van der Waals surface area contributed by atoms with Gasteiger partial charge < -0.3 is 11.1 Å². The van der Waals surface area contributed by atoms with E-state index in [1.165, 1.54) is 5.56 Å². The van der Waals surface area contributed by atoms with Gasteiger partial charge in [0.25, 0.3) is 0 Å². The fourth-order valence-electron chi connectivity index (χ4n) is 2.84. The van der Waals surface area contributed by atoms with Gasteiger partial charge in [-0.1, -0.05) is 30.3 Å². The summed E-state index contributed by atoms with van der Waals surface area (Å²) in [6.45, 7) is 7.13. The number of benzene rings is 1. The van der Waals surface area contributed by atoms with E-state index in [4.69, 9.17) is 5.73 Å². The van der Waals surface area contributed by atoms with E-state index in [9.17, 15) is 9.59 Å². The topological polar surface area (TPSA) is 87.5 Å². The Morgan fingerprint density at radius 2 is 1.83 bits per heavy atom. The molecule has 1 fully saturated rings. The number of rotatable bonds is 3. The van der Waals surface area contributed by atoms with Crippen LogP contribution >= 0.6 is 12.4 Å². The van der Waals surface area contributed by atoms with E-state index in [1.807, 2.05) is 43.9 Å². The van der Waals surface area contributed by atoms with E-state index in [-0.39, 0.29) is 42.4 Å². The van der Waals surface area contributed by atoms with E-state index in [2.05, 4.69) is 22.8 Å². The second-order valence-corrected chi connectivity index (χ2v) is 7.13. The molecule has 7 heteroatoms. The Balaban J connectivity index is 0.00000288. The maximum Gasteiger partial charge on any atom is 0.321 e. The molecule has 0 aromatic heterocycles. The minimum absolute atomic E-state index is 0. The van der Waals surface area contributed by atoms with Gasteiger partial charge in [-0.25, -0.2) is 4.79 Å². The molecule has 2 rings (SSSR count). The summed E-state index contributed by atoms with van der Waals surface area (Å²) < 4.78 is 0. The zero-order valence-corrected chi connectivity index (χ0v) is 15.2.